The lowest BCUT2D eigenvalue weighted by molar-refractivity contribution is -0.214. The van der Waals surface area contributed by atoms with E-state index >= 15 is 0 Å². The van der Waals surface area contributed by atoms with Crippen LogP contribution in [0.4, 0.5) is 9.59 Å². The lowest BCUT2D eigenvalue weighted by Crippen LogP contribution is -2.50. The molecule has 0 aliphatic carbocycles. The van der Waals surface area contributed by atoms with Crippen LogP contribution in [0.15, 0.2) is 225 Å². The number of rotatable bonds is 26. The number of nitrogens with one attached hydrogen (secondary N) is 1. The Morgan fingerprint density at radius 2 is 0.930 bits per heavy atom. The normalized spacial score (nSPS) is 15.9. The summed E-state index contributed by atoms with van der Waals surface area (Å²) in [4.78, 5) is 123. The fourth-order valence-electron chi connectivity index (χ4n) is 16.1. The zero-order valence-electron chi connectivity index (χ0n) is 74.1. The summed E-state index contributed by atoms with van der Waals surface area (Å²) in [6.07, 6.45) is 8.85. The third-order valence-electron chi connectivity index (χ3n) is 22.7. The number of amides is 5. The van der Waals surface area contributed by atoms with Crippen molar-refractivity contribution < 1.29 is 91.6 Å². The molecule has 672 valence electrons. The van der Waals surface area contributed by atoms with Crippen molar-refractivity contribution >= 4 is 82.4 Å². The summed E-state index contributed by atoms with van der Waals surface area (Å²) in [7, 11) is 9.50. The van der Waals surface area contributed by atoms with E-state index in [9.17, 15) is 53.7 Å². The smallest absolute Gasteiger partial charge is 0.414 e. The molecule has 2 spiro atoms. The molecule has 5 aliphatic rings. The molecule has 129 heavy (non-hydrogen) atoms. The van der Waals surface area contributed by atoms with Gasteiger partial charge in [0, 0.05) is 105 Å². The van der Waals surface area contributed by atoms with Gasteiger partial charge in [-0.15, -0.1) is 0 Å². The minimum absolute atomic E-state index is 0.0146. The van der Waals surface area contributed by atoms with Gasteiger partial charge in [-0.3, -0.25) is 48.6 Å². The molecule has 0 saturated carbocycles. The number of hydrogen-bond acceptors (Lipinski definition) is 23. The minimum atomic E-state index is -0.889. The quantitative estimate of drug-likeness (QED) is 0.0299. The Balaban J connectivity index is 0.000000176. The second-order valence-corrected chi connectivity index (χ2v) is 33.9. The van der Waals surface area contributed by atoms with Gasteiger partial charge in [-0.2, -0.15) is 0 Å². The summed E-state index contributed by atoms with van der Waals surface area (Å²) in [6, 6.07) is 52.5. The number of ether oxygens (including phenoxy) is 8. The number of fused-ring (bicyclic) bond motifs is 4. The summed E-state index contributed by atoms with van der Waals surface area (Å²) in [5.41, 5.74) is 7.84. The highest BCUT2D eigenvalue weighted by molar-refractivity contribution is 9.10. The molecule has 1 saturated heterocycles. The number of methoxy groups -OCH3 is 6. The van der Waals surface area contributed by atoms with Crippen molar-refractivity contribution in [2.45, 2.75) is 129 Å². The van der Waals surface area contributed by atoms with Crippen LogP contribution in [-0.2, 0) is 59.8 Å². The zero-order valence-corrected chi connectivity index (χ0v) is 75.7. The van der Waals surface area contributed by atoms with E-state index in [2.05, 4.69) is 36.2 Å². The summed E-state index contributed by atoms with van der Waals surface area (Å²) in [5, 5.41) is 41.7. The molecule has 14 rings (SSSR count). The molecule has 5 amide bonds. The van der Waals surface area contributed by atoms with Gasteiger partial charge in [0.15, 0.2) is 18.9 Å². The molecule has 9 aromatic rings. The summed E-state index contributed by atoms with van der Waals surface area (Å²) >= 11 is 3.55. The maximum absolute atomic E-state index is 14.2. The zero-order chi connectivity index (χ0) is 92.5. The molecule has 1 unspecified atom stereocenters. The molecule has 0 bridgehead atoms. The van der Waals surface area contributed by atoms with E-state index in [1.165, 1.54) is 4.90 Å². The average Bonchev–Trinajstić information content (AvgIpc) is 1.57. The molecule has 28 nitrogen and oxygen atoms in total. The second-order valence-electron chi connectivity index (χ2n) is 33.1. The largest absolute Gasteiger partial charge is 0.858 e. The van der Waals surface area contributed by atoms with Gasteiger partial charge in [-0.25, -0.2) is 9.59 Å². The predicted octanol–water partition coefficient (Wildman–Crippen LogP) is 13.6. The Bertz CT molecular complexity index is 5860. The third-order valence-corrected chi connectivity index (χ3v) is 23.4. The van der Waals surface area contributed by atoms with Gasteiger partial charge in [-0.05, 0) is 225 Å². The Kier molecular flexibility index (Phi) is 30.4. The highest BCUT2D eigenvalue weighted by Crippen LogP contribution is 2.49. The maximum atomic E-state index is 14.2. The number of piperidine rings is 1. The fourth-order valence-corrected chi connectivity index (χ4v) is 16.7. The van der Waals surface area contributed by atoms with Crippen molar-refractivity contribution in [3.8, 4) is 34.5 Å². The standard InChI is InChI=1S/C35H38BrN3O7.C35H37N3O7.C30H31N3O5/c1-35(2,3)46-34(43)38-16-14-26(15-17-38)39(21-24-11-12-27(44-4)19-31(24)45-5)33(42)29-13-10-23(18-30(29)36)20-37-32(41)28-9-7-6-8-25(28)22-40;1-34(2,3)45-33(42)37-16-14-35(15-17-37)29-18-23(20-36-31(40)27-9-7-6-8-25(27)22-39)10-13-28(29)32(41)38(35)21-24-11-12-26(43-4)19-30(24)44-5;1-37-23-9-8-21(27(16-23)38-2)18-33-29(36)25-10-7-20(15-26(25)30(33)11-13-31-14-12-30)17-32-28(35)24-6-4-3-5-22(24)19-34/h6-14,18-19,22H,15-17,20-21H2,1-5H3,(H,37,41);6-14,16,18-19,22H,15,17,20-21H2,1-5H3,(H,36,40);3-10,15-16,19,31H,11-14,17-18H2,1-2H3,(H,32,35)/p-3. The van der Waals surface area contributed by atoms with Gasteiger partial charge >= 0.3 is 12.2 Å². The topological polar surface area (TPSA) is 345 Å². The predicted molar refractivity (Wildman–Crippen MR) is 484 cm³/mol. The van der Waals surface area contributed by atoms with Crippen LogP contribution in [0.2, 0.25) is 0 Å². The van der Waals surface area contributed by atoms with E-state index in [-0.39, 0.29) is 84.8 Å². The van der Waals surface area contributed by atoms with E-state index < -0.39 is 52.2 Å². The summed E-state index contributed by atoms with van der Waals surface area (Å²) < 4.78 is 44.6. The molecular weight excluding hydrogens is 1710 g/mol. The van der Waals surface area contributed by atoms with Gasteiger partial charge in [-0.1, -0.05) is 103 Å². The third kappa shape index (κ3) is 21.8. The van der Waals surface area contributed by atoms with E-state index in [0.717, 1.165) is 70.6 Å². The van der Waals surface area contributed by atoms with Crippen LogP contribution in [-0.4, -0.2) is 178 Å². The molecule has 1 fully saturated rings. The molecule has 5 heterocycles. The van der Waals surface area contributed by atoms with Gasteiger partial charge in [0.05, 0.1) is 98.6 Å². The van der Waals surface area contributed by atoms with Crippen molar-refractivity contribution in [1.29, 1.82) is 0 Å². The van der Waals surface area contributed by atoms with E-state index in [1.807, 2.05) is 125 Å². The van der Waals surface area contributed by atoms with Crippen LogP contribution in [0.25, 0.3) is 0 Å². The number of hydrogen-bond donors (Lipinski definition) is 1. The number of carbonyl (C=O) groups excluding carboxylic acids is 8. The lowest BCUT2D eigenvalue weighted by atomic mass is 9.80. The molecule has 5 aliphatic heterocycles. The number of aldehydes is 3. The molecular formula is C100H103BrN9O19-3. The van der Waals surface area contributed by atoms with Crippen LogP contribution in [0.5, 0.6) is 34.5 Å². The van der Waals surface area contributed by atoms with E-state index in [4.69, 9.17) is 37.9 Å². The minimum Gasteiger partial charge on any atom is -0.858 e. The summed E-state index contributed by atoms with van der Waals surface area (Å²) in [6.45, 7) is 14.6. The number of carbonyl (C=O) groups is 8. The molecule has 9 aromatic carbocycles. The monoisotopic (exact) mass is 1810 g/mol. The van der Waals surface area contributed by atoms with Gasteiger partial charge in [0.2, 0.25) is 0 Å². The first kappa shape index (κ1) is 94.2. The van der Waals surface area contributed by atoms with Gasteiger partial charge in [0.25, 0.3) is 17.7 Å². The SMILES string of the molecule is COc1ccc(CN(C(=O)c2ccc(CN=C([O-])c3ccccc3C=O)cc2Br)C2=CCN(C(=O)OC(C)(C)C)CC2)c(OC)c1.COc1ccc(CN2C(=O)c3ccc(CN=C([O-])c4ccccc4C=O)cc3C23C=CN(C(=O)OC(C)(C)C)CC3)c(OC)c1.COc1ccc(CN2C(=O)c3ccc(CN=C([O-])c4ccccc4C=O)cc3C23CCNCC3)c(OC)c1. The first-order chi connectivity index (χ1) is 61.9. The Morgan fingerprint density at radius 1 is 0.496 bits per heavy atom. The average molecular weight is 1810 g/mol. The number of halogens is 1. The Morgan fingerprint density at radius 3 is 1.37 bits per heavy atom. The summed E-state index contributed by atoms with van der Waals surface area (Å²) in [5.74, 6) is 1.89. The highest BCUT2D eigenvalue weighted by atomic mass is 79.9. The number of aliphatic imine (C=N–C) groups is 3. The Labute approximate surface area is 758 Å². The van der Waals surface area contributed by atoms with Crippen molar-refractivity contribution in [2.75, 3.05) is 75.4 Å². The van der Waals surface area contributed by atoms with Crippen LogP contribution in [0, 0.1) is 0 Å². The number of nitrogens with zero attached hydrogens (tertiary/aromatic N) is 8. The van der Waals surface area contributed by atoms with E-state index in [1.54, 1.807) is 179 Å². The van der Waals surface area contributed by atoms with Crippen molar-refractivity contribution in [2.24, 2.45) is 15.0 Å². The second kappa shape index (κ2) is 41.7. The van der Waals surface area contributed by atoms with Crippen LogP contribution in [0.3, 0.4) is 0 Å². The first-order valence-corrected chi connectivity index (χ1v) is 42.7. The van der Waals surface area contributed by atoms with Crippen LogP contribution < -0.4 is 49.1 Å². The molecule has 29 heteroatoms. The molecule has 0 aromatic heterocycles. The molecule has 1 N–H and O–H groups in total. The van der Waals surface area contributed by atoms with Gasteiger partial charge in [0.1, 0.15) is 45.7 Å². The molecule has 0 radical (unpaired) electrons. The fraction of sp³-hybridized carbons (Fsp3) is 0.310. The molecule has 1 atom stereocenters. The lowest BCUT2D eigenvalue weighted by Gasteiger charge is -2.42. The van der Waals surface area contributed by atoms with Crippen LogP contribution in [0.1, 0.15) is 191 Å². The first-order valence-electron chi connectivity index (χ1n) is 41.9. The maximum Gasteiger partial charge on any atom is 0.414 e. The van der Waals surface area contributed by atoms with Gasteiger partial charge < -0.3 is 78.1 Å². The Hall–Kier alpha value is -13.9. The van der Waals surface area contributed by atoms with Crippen molar-refractivity contribution in [3.63, 3.8) is 0 Å². The highest BCUT2D eigenvalue weighted by Gasteiger charge is 2.52. The van der Waals surface area contributed by atoms with Crippen molar-refractivity contribution in [3.05, 3.63) is 305 Å². The number of benzene rings is 9. The van der Waals surface area contributed by atoms with Crippen LogP contribution >= 0.6 is 15.9 Å². The van der Waals surface area contributed by atoms with E-state index in [0.29, 0.717) is 118 Å². The van der Waals surface area contributed by atoms with Crippen molar-refractivity contribution in [1.82, 2.24) is 29.8 Å².